The van der Waals surface area contributed by atoms with Crippen molar-refractivity contribution in [1.82, 2.24) is 10.3 Å². The lowest BCUT2D eigenvalue weighted by Gasteiger charge is -2.45. The summed E-state index contributed by atoms with van der Waals surface area (Å²) < 4.78 is 0. The summed E-state index contributed by atoms with van der Waals surface area (Å²) in [4.78, 5) is 4.41. The Bertz CT molecular complexity index is 439. The lowest BCUT2D eigenvalue weighted by atomic mass is 9.64. The van der Waals surface area contributed by atoms with Gasteiger partial charge in [-0.25, -0.2) is 0 Å². The molecule has 1 fully saturated rings. The van der Waals surface area contributed by atoms with E-state index in [-0.39, 0.29) is 5.41 Å². The zero-order chi connectivity index (χ0) is 14.8. The van der Waals surface area contributed by atoms with E-state index in [1.807, 2.05) is 6.20 Å². The first-order valence-electron chi connectivity index (χ1n) is 8.10. The normalized spacial score (nSPS) is 27.6. The van der Waals surface area contributed by atoms with Crippen molar-refractivity contribution in [2.24, 2.45) is 11.8 Å². The van der Waals surface area contributed by atoms with Gasteiger partial charge in [-0.1, -0.05) is 40.2 Å². The number of rotatable bonds is 4. The molecule has 1 aliphatic carbocycles. The molecule has 0 aliphatic heterocycles. The Morgan fingerprint density at radius 1 is 1.30 bits per heavy atom. The summed E-state index contributed by atoms with van der Waals surface area (Å²) in [6, 6.07) is 2.95. The Hall–Kier alpha value is -0.890. The summed E-state index contributed by atoms with van der Waals surface area (Å²) in [5.74, 6) is 1.55. The van der Waals surface area contributed by atoms with Crippen molar-refractivity contribution < 1.29 is 0 Å². The molecule has 0 spiro atoms. The fourth-order valence-corrected chi connectivity index (χ4v) is 3.85. The zero-order valence-electron chi connectivity index (χ0n) is 13.7. The molecule has 1 N–H and O–H groups in total. The number of nitrogens with one attached hydrogen (secondary N) is 1. The maximum atomic E-state index is 4.41. The first-order chi connectivity index (χ1) is 9.45. The number of aryl methyl sites for hydroxylation is 1. The molecule has 3 atom stereocenters. The monoisotopic (exact) mass is 274 g/mol. The van der Waals surface area contributed by atoms with Crippen LogP contribution in [0.2, 0.25) is 0 Å². The van der Waals surface area contributed by atoms with Crippen molar-refractivity contribution in [2.45, 2.75) is 65.3 Å². The van der Waals surface area contributed by atoms with Crippen LogP contribution in [0, 0.1) is 18.8 Å². The Balaban J connectivity index is 2.26. The molecule has 0 amide bonds. The molecule has 20 heavy (non-hydrogen) atoms. The van der Waals surface area contributed by atoms with Gasteiger partial charge in [-0.3, -0.25) is 4.98 Å². The van der Waals surface area contributed by atoms with Crippen molar-refractivity contribution in [3.63, 3.8) is 0 Å². The third-order valence-corrected chi connectivity index (χ3v) is 5.12. The molecule has 2 nitrogen and oxygen atoms in total. The molecule has 0 saturated heterocycles. The van der Waals surface area contributed by atoms with E-state index in [1.165, 1.54) is 30.4 Å². The maximum absolute atomic E-state index is 4.41. The number of aromatic nitrogens is 1. The molecule has 1 aromatic heterocycles. The Kier molecular flexibility index (Phi) is 4.85. The van der Waals surface area contributed by atoms with Gasteiger partial charge < -0.3 is 5.32 Å². The van der Waals surface area contributed by atoms with Crippen molar-refractivity contribution in [2.75, 3.05) is 6.54 Å². The number of hydrogen-bond acceptors (Lipinski definition) is 2. The largest absolute Gasteiger partial charge is 0.314 e. The van der Waals surface area contributed by atoms with E-state index in [4.69, 9.17) is 0 Å². The molecule has 3 unspecified atom stereocenters. The lowest BCUT2D eigenvalue weighted by molar-refractivity contribution is 0.147. The molecule has 112 valence electrons. The van der Waals surface area contributed by atoms with Crippen LogP contribution in [0.15, 0.2) is 18.5 Å². The number of nitrogens with zero attached hydrogens (tertiary/aromatic N) is 1. The van der Waals surface area contributed by atoms with Crippen LogP contribution in [-0.4, -0.2) is 17.6 Å². The van der Waals surface area contributed by atoms with E-state index >= 15 is 0 Å². The molecule has 0 aromatic carbocycles. The van der Waals surface area contributed by atoms with Crippen LogP contribution in [0.4, 0.5) is 0 Å². The van der Waals surface area contributed by atoms with Gasteiger partial charge in [0.1, 0.15) is 0 Å². The van der Waals surface area contributed by atoms with Crippen molar-refractivity contribution >= 4 is 0 Å². The molecule has 2 heteroatoms. The van der Waals surface area contributed by atoms with Crippen LogP contribution in [0.5, 0.6) is 0 Å². The van der Waals surface area contributed by atoms with Gasteiger partial charge >= 0.3 is 0 Å². The minimum Gasteiger partial charge on any atom is -0.314 e. The summed E-state index contributed by atoms with van der Waals surface area (Å²) in [6.07, 6.45) is 7.99. The predicted octanol–water partition coefficient (Wildman–Crippen LogP) is 4.08. The van der Waals surface area contributed by atoms with Gasteiger partial charge in [0, 0.05) is 18.4 Å². The average Bonchev–Trinajstić information content (AvgIpc) is 2.39. The topological polar surface area (TPSA) is 24.9 Å². The van der Waals surface area contributed by atoms with Gasteiger partial charge in [0.15, 0.2) is 0 Å². The summed E-state index contributed by atoms with van der Waals surface area (Å²) in [5, 5.41) is 3.74. The van der Waals surface area contributed by atoms with E-state index in [0.717, 1.165) is 12.5 Å². The Morgan fingerprint density at radius 3 is 2.70 bits per heavy atom. The predicted molar refractivity (Wildman–Crippen MR) is 86.0 cm³/mol. The van der Waals surface area contributed by atoms with Crippen molar-refractivity contribution in [1.29, 1.82) is 0 Å². The lowest BCUT2D eigenvalue weighted by Crippen LogP contribution is -2.48. The second-order valence-corrected chi connectivity index (χ2v) is 7.16. The van der Waals surface area contributed by atoms with Gasteiger partial charge in [0.25, 0.3) is 0 Å². The smallest absolute Gasteiger partial charge is 0.0305 e. The van der Waals surface area contributed by atoms with Crippen LogP contribution in [0.1, 0.15) is 58.1 Å². The third kappa shape index (κ3) is 3.22. The molecular weight excluding hydrogens is 244 g/mol. The minimum atomic E-state index is 0.187. The highest BCUT2D eigenvalue weighted by molar-refractivity contribution is 5.26. The zero-order valence-corrected chi connectivity index (χ0v) is 13.7. The second-order valence-electron chi connectivity index (χ2n) is 7.16. The van der Waals surface area contributed by atoms with Crippen molar-refractivity contribution in [3.05, 3.63) is 29.6 Å². The molecule has 1 aliphatic rings. The van der Waals surface area contributed by atoms with Crippen LogP contribution in [0.3, 0.4) is 0 Å². The average molecular weight is 274 g/mol. The van der Waals surface area contributed by atoms with Gasteiger partial charge in [-0.2, -0.15) is 0 Å². The molecule has 1 aromatic rings. The summed E-state index contributed by atoms with van der Waals surface area (Å²) >= 11 is 0. The SMILES string of the molecule is CCNC1CC(C)CCC1C(C)(C)c1cncc(C)c1. The van der Waals surface area contributed by atoms with Gasteiger partial charge in [0.2, 0.25) is 0 Å². The van der Waals surface area contributed by atoms with Gasteiger partial charge in [-0.15, -0.1) is 0 Å². The highest BCUT2D eigenvalue weighted by Gasteiger charge is 2.39. The third-order valence-electron chi connectivity index (χ3n) is 5.12. The van der Waals surface area contributed by atoms with Crippen LogP contribution in [-0.2, 0) is 5.41 Å². The molecule has 0 bridgehead atoms. The standard InChI is InChI=1S/C18H30N2/c1-6-20-17-10-13(2)7-8-16(17)18(4,5)15-9-14(3)11-19-12-15/h9,11-13,16-17,20H,6-8,10H2,1-5H3. The minimum absolute atomic E-state index is 0.187. The summed E-state index contributed by atoms with van der Waals surface area (Å²) in [6.45, 7) is 12.6. The molecule has 0 radical (unpaired) electrons. The van der Waals surface area contributed by atoms with E-state index in [1.54, 1.807) is 0 Å². The van der Waals surface area contributed by atoms with Gasteiger partial charge in [0.05, 0.1) is 0 Å². The van der Waals surface area contributed by atoms with Gasteiger partial charge in [-0.05, 0) is 54.7 Å². The molecule has 2 rings (SSSR count). The van der Waals surface area contributed by atoms with Crippen molar-refractivity contribution in [3.8, 4) is 0 Å². The Labute approximate surface area is 124 Å². The van der Waals surface area contributed by atoms with Crippen LogP contribution < -0.4 is 5.32 Å². The van der Waals surface area contributed by atoms with E-state index in [2.05, 4.69) is 57.2 Å². The maximum Gasteiger partial charge on any atom is 0.0305 e. The second kappa shape index (κ2) is 6.26. The summed E-state index contributed by atoms with van der Waals surface area (Å²) in [5.41, 5.74) is 2.84. The fraction of sp³-hybridized carbons (Fsp3) is 0.722. The van der Waals surface area contributed by atoms with E-state index in [0.29, 0.717) is 12.0 Å². The van der Waals surface area contributed by atoms with E-state index < -0.39 is 0 Å². The number of hydrogen-bond donors (Lipinski definition) is 1. The van der Waals surface area contributed by atoms with Crippen LogP contribution in [0.25, 0.3) is 0 Å². The van der Waals surface area contributed by atoms with Crippen LogP contribution >= 0.6 is 0 Å². The van der Waals surface area contributed by atoms with E-state index in [9.17, 15) is 0 Å². The first kappa shape index (κ1) is 15.5. The molecule has 1 saturated carbocycles. The highest BCUT2D eigenvalue weighted by atomic mass is 14.9. The molecule has 1 heterocycles. The Morgan fingerprint density at radius 2 is 2.05 bits per heavy atom. The quantitative estimate of drug-likeness (QED) is 0.895. The highest BCUT2D eigenvalue weighted by Crippen LogP contribution is 2.42. The fourth-order valence-electron chi connectivity index (χ4n) is 3.85. The number of pyridine rings is 1. The summed E-state index contributed by atoms with van der Waals surface area (Å²) in [7, 11) is 0. The molecular formula is C18H30N2. The first-order valence-corrected chi connectivity index (χ1v) is 8.10.